The number of fused-ring (bicyclic) bond motifs is 2. The zero-order chi connectivity index (χ0) is 45.3. The Hall–Kier alpha value is -6.70. The minimum absolute atomic E-state index is 0.0173. The molecule has 0 N–H and O–H groups in total. The van der Waals surface area contributed by atoms with Crippen LogP contribution in [0.3, 0.4) is 0 Å². The highest BCUT2D eigenvalue weighted by Gasteiger charge is 2.17. The molecule has 9 aromatic carbocycles. The van der Waals surface area contributed by atoms with Crippen LogP contribution in [0.5, 0.6) is 0 Å². The van der Waals surface area contributed by atoms with Crippen LogP contribution >= 0.6 is 0 Å². The number of rotatable bonds is 7. The fraction of sp³-hybridized carbons (Fsp3) is 0. The summed E-state index contributed by atoms with van der Waals surface area (Å²) in [4.78, 5) is 1.23. The SMILES string of the molecule is [2H]c1c([2H])c([2H])c(-c2c([2H])c([2H])c(N(c3ccc(-c4c(-c5ccccc5)ccc5ccccc45)cc3)c3c([2H])c([2H])c([2H])c(-c4cccc5ccccc45)c3[2H])c([2H])c2[2H])c([2H])c1[2H]. The maximum atomic E-state index is 9.82. The molecule has 0 amide bonds. The second-order valence-corrected chi connectivity index (χ2v) is 11.9. The van der Waals surface area contributed by atoms with Crippen molar-refractivity contribution in [1.29, 1.82) is 0 Å². The van der Waals surface area contributed by atoms with Crippen LogP contribution < -0.4 is 4.90 Å². The van der Waals surface area contributed by atoms with Gasteiger partial charge in [0.15, 0.2) is 0 Å². The average Bonchev–Trinajstić information content (AvgIpc) is 3.32. The topological polar surface area (TPSA) is 3.24 Å². The van der Waals surface area contributed by atoms with Gasteiger partial charge in [0.25, 0.3) is 0 Å². The lowest BCUT2D eigenvalue weighted by atomic mass is 9.89. The standard InChI is InChI=1S/C50H35N/c1-3-13-36(14-4-1)37-25-30-43(31-26-37)51(45-21-11-20-42(35-45)47-24-12-19-38-17-7-9-22-46(38)47)44-32-27-41(28-33-44)50-48-23-10-8-18-40(48)29-34-49(50)39-15-5-2-6-16-39/h1-35H/i1D,3D,4D,11D,13D,14D,20D,21D,25D,26D,30D,31D,35D. The van der Waals surface area contributed by atoms with Crippen molar-refractivity contribution in [2.75, 3.05) is 4.90 Å². The Morgan fingerprint density at radius 2 is 0.980 bits per heavy atom. The Bertz CT molecular complexity index is 3310. The van der Waals surface area contributed by atoms with Gasteiger partial charge in [0.1, 0.15) is 0 Å². The third kappa shape index (κ3) is 5.86. The summed E-state index contributed by atoms with van der Waals surface area (Å²) in [5.41, 5.74) is 2.56. The van der Waals surface area contributed by atoms with Gasteiger partial charge in [0, 0.05) is 17.1 Å². The molecule has 240 valence electrons. The van der Waals surface area contributed by atoms with Crippen molar-refractivity contribution in [2.45, 2.75) is 0 Å². The van der Waals surface area contributed by atoms with E-state index in [0.29, 0.717) is 10.9 Å². The molecule has 0 unspecified atom stereocenters. The molecule has 51 heavy (non-hydrogen) atoms. The zero-order valence-electron chi connectivity index (χ0n) is 40.1. The molecular formula is C50H35N. The van der Waals surface area contributed by atoms with Gasteiger partial charge in [0.2, 0.25) is 0 Å². The van der Waals surface area contributed by atoms with Gasteiger partial charge in [-0.25, -0.2) is 0 Å². The predicted octanol–water partition coefficient (Wildman–Crippen LogP) is 14.1. The first-order valence-electron chi connectivity index (χ1n) is 23.0. The minimum Gasteiger partial charge on any atom is -0.310 e. The van der Waals surface area contributed by atoms with Gasteiger partial charge in [-0.05, 0) is 102 Å². The monoisotopic (exact) mass is 662 g/mol. The molecule has 0 atom stereocenters. The van der Waals surface area contributed by atoms with Crippen LogP contribution in [0.2, 0.25) is 0 Å². The lowest BCUT2D eigenvalue weighted by Gasteiger charge is -2.27. The van der Waals surface area contributed by atoms with E-state index in [9.17, 15) is 8.22 Å². The van der Waals surface area contributed by atoms with Crippen LogP contribution in [-0.4, -0.2) is 0 Å². The summed E-state index contributed by atoms with van der Waals surface area (Å²) in [6.45, 7) is 0. The first-order chi connectivity index (χ1) is 30.7. The summed E-state index contributed by atoms with van der Waals surface area (Å²) in [6.07, 6.45) is 0. The largest absolute Gasteiger partial charge is 0.310 e. The fourth-order valence-electron chi connectivity index (χ4n) is 6.53. The number of nitrogens with zero attached hydrogens (tertiary/aromatic N) is 1. The summed E-state index contributed by atoms with van der Waals surface area (Å²) in [5.74, 6) is 0. The molecule has 0 spiro atoms. The second kappa shape index (κ2) is 13.3. The summed E-state index contributed by atoms with van der Waals surface area (Å²) in [5, 5.41) is 3.47. The number of anilines is 3. The third-order valence-electron chi connectivity index (χ3n) is 8.91. The van der Waals surface area contributed by atoms with E-state index in [0.717, 1.165) is 38.4 Å². The molecule has 0 fully saturated rings. The van der Waals surface area contributed by atoms with Crippen molar-refractivity contribution < 1.29 is 17.8 Å². The quantitative estimate of drug-likeness (QED) is 0.164. The Morgan fingerprint density at radius 1 is 0.333 bits per heavy atom. The van der Waals surface area contributed by atoms with Gasteiger partial charge in [-0.2, -0.15) is 0 Å². The van der Waals surface area contributed by atoms with E-state index in [4.69, 9.17) is 9.60 Å². The Kier molecular flexibility index (Phi) is 5.08. The zero-order valence-corrected chi connectivity index (χ0v) is 27.1. The maximum absolute atomic E-state index is 9.82. The highest BCUT2D eigenvalue weighted by Crippen LogP contribution is 2.42. The van der Waals surface area contributed by atoms with E-state index in [1.807, 2.05) is 97.1 Å². The third-order valence-corrected chi connectivity index (χ3v) is 8.91. The minimum atomic E-state index is -0.727. The van der Waals surface area contributed by atoms with Crippen molar-refractivity contribution in [3.63, 3.8) is 0 Å². The van der Waals surface area contributed by atoms with E-state index in [1.54, 1.807) is 24.3 Å². The number of benzene rings is 9. The molecule has 0 aliphatic rings. The molecule has 0 heterocycles. The van der Waals surface area contributed by atoms with Gasteiger partial charge in [-0.1, -0.05) is 176 Å². The highest BCUT2D eigenvalue weighted by molar-refractivity contribution is 6.04. The van der Waals surface area contributed by atoms with Crippen LogP contribution in [-0.2, 0) is 0 Å². The predicted molar refractivity (Wildman–Crippen MR) is 218 cm³/mol. The molecule has 1 nitrogen and oxygen atoms in total. The van der Waals surface area contributed by atoms with Crippen molar-refractivity contribution >= 4 is 38.6 Å². The molecule has 0 aromatic heterocycles. The smallest absolute Gasteiger partial charge is 0.0651 e. The van der Waals surface area contributed by atoms with E-state index in [2.05, 4.69) is 12.1 Å². The molecular weight excluding hydrogens is 615 g/mol. The first kappa shape index (κ1) is 19.5. The fourth-order valence-corrected chi connectivity index (χ4v) is 6.53. The molecule has 0 bridgehead atoms. The molecule has 9 rings (SSSR count). The van der Waals surface area contributed by atoms with E-state index < -0.39 is 83.3 Å². The highest BCUT2D eigenvalue weighted by atomic mass is 15.1. The van der Waals surface area contributed by atoms with Crippen LogP contribution in [0, 0.1) is 0 Å². The molecule has 0 aliphatic carbocycles. The Balaban J connectivity index is 1.35. The Labute approximate surface area is 317 Å². The van der Waals surface area contributed by atoms with Gasteiger partial charge < -0.3 is 4.90 Å². The van der Waals surface area contributed by atoms with E-state index >= 15 is 0 Å². The molecule has 1 heteroatoms. The van der Waals surface area contributed by atoms with Gasteiger partial charge >= 0.3 is 0 Å². The molecule has 0 saturated carbocycles. The first-order valence-corrected chi connectivity index (χ1v) is 16.5. The van der Waals surface area contributed by atoms with Crippen LogP contribution in [0.25, 0.3) is 66.1 Å². The lowest BCUT2D eigenvalue weighted by Crippen LogP contribution is -2.10. The Morgan fingerprint density at radius 3 is 1.76 bits per heavy atom. The van der Waals surface area contributed by atoms with Crippen LogP contribution in [0.4, 0.5) is 17.1 Å². The molecule has 0 radical (unpaired) electrons. The summed E-state index contributed by atoms with van der Waals surface area (Å²) in [6, 6.07) is 33.5. The summed E-state index contributed by atoms with van der Waals surface area (Å²) >= 11 is 0. The molecule has 0 aliphatic heterocycles. The van der Waals surface area contributed by atoms with Crippen LogP contribution in [0.15, 0.2) is 212 Å². The van der Waals surface area contributed by atoms with Crippen molar-refractivity contribution in [1.82, 2.24) is 0 Å². The van der Waals surface area contributed by atoms with E-state index in [-0.39, 0.29) is 29.0 Å². The molecule has 0 saturated heterocycles. The summed E-state index contributed by atoms with van der Waals surface area (Å²) < 4.78 is 117. The van der Waals surface area contributed by atoms with Crippen LogP contribution in [0.1, 0.15) is 17.8 Å². The van der Waals surface area contributed by atoms with Crippen molar-refractivity contribution in [3.8, 4) is 44.5 Å². The van der Waals surface area contributed by atoms with Crippen molar-refractivity contribution in [2.24, 2.45) is 0 Å². The van der Waals surface area contributed by atoms with Gasteiger partial charge in [-0.3, -0.25) is 0 Å². The van der Waals surface area contributed by atoms with Gasteiger partial charge in [-0.15, -0.1) is 0 Å². The van der Waals surface area contributed by atoms with E-state index in [1.165, 1.54) is 4.90 Å². The normalized spacial score (nSPS) is 14.7. The number of hydrogen-bond acceptors (Lipinski definition) is 1. The lowest BCUT2D eigenvalue weighted by molar-refractivity contribution is 1.28. The average molecular weight is 663 g/mol. The van der Waals surface area contributed by atoms with Crippen molar-refractivity contribution in [3.05, 3.63) is 212 Å². The van der Waals surface area contributed by atoms with Gasteiger partial charge in [0.05, 0.1) is 17.8 Å². The maximum Gasteiger partial charge on any atom is 0.0651 e. The number of hydrogen-bond donors (Lipinski definition) is 0. The second-order valence-electron chi connectivity index (χ2n) is 11.9. The summed E-state index contributed by atoms with van der Waals surface area (Å²) in [7, 11) is 0. The molecule has 9 aromatic rings.